The maximum absolute atomic E-state index is 12.9. The van der Waals surface area contributed by atoms with Gasteiger partial charge in [-0.25, -0.2) is 0 Å². The van der Waals surface area contributed by atoms with Crippen LogP contribution in [0.3, 0.4) is 0 Å². The lowest BCUT2D eigenvalue weighted by molar-refractivity contribution is -0.139. The minimum Gasteiger partial charge on any atom is -0.344 e. The highest BCUT2D eigenvalue weighted by Crippen LogP contribution is 2.16. The van der Waals surface area contributed by atoms with Gasteiger partial charge in [0, 0.05) is 20.0 Å². The number of carbonyl (C=O) groups is 3. The lowest BCUT2D eigenvalue weighted by atomic mass is 9.95. The first-order valence-electron chi connectivity index (χ1n) is 9.14. The van der Waals surface area contributed by atoms with E-state index in [2.05, 4.69) is 10.6 Å². The minimum atomic E-state index is -0.622. The Morgan fingerprint density at radius 2 is 1.54 bits per heavy atom. The Hall–Kier alpha value is -1.59. The average molecular weight is 339 g/mol. The van der Waals surface area contributed by atoms with Crippen molar-refractivity contribution < 1.29 is 14.4 Å². The highest BCUT2D eigenvalue weighted by molar-refractivity contribution is 5.92. The van der Waals surface area contributed by atoms with E-state index in [4.69, 9.17) is 0 Å². The Labute approximate surface area is 145 Å². The molecule has 2 N–H and O–H groups in total. The molecule has 24 heavy (non-hydrogen) atoms. The third-order valence-corrected chi connectivity index (χ3v) is 4.75. The number of amides is 3. The van der Waals surface area contributed by atoms with Crippen molar-refractivity contribution in [3.8, 4) is 0 Å². The van der Waals surface area contributed by atoms with Crippen molar-refractivity contribution in [3.63, 3.8) is 0 Å². The van der Waals surface area contributed by atoms with E-state index >= 15 is 0 Å². The number of carbonyl (C=O) groups excluding carboxylic acids is 3. The van der Waals surface area contributed by atoms with Crippen molar-refractivity contribution >= 4 is 17.7 Å². The topological polar surface area (TPSA) is 78.5 Å². The fourth-order valence-corrected chi connectivity index (χ4v) is 2.99. The van der Waals surface area contributed by atoms with Crippen molar-refractivity contribution in [2.24, 2.45) is 11.8 Å². The number of hydrogen-bond acceptors (Lipinski definition) is 3. The van der Waals surface area contributed by atoms with Gasteiger partial charge in [0.2, 0.25) is 17.7 Å². The molecule has 0 bridgehead atoms. The summed E-state index contributed by atoms with van der Waals surface area (Å²) in [5.41, 5.74) is 0. The maximum Gasteiger partial charge on any atom is 0.245 e. The van der Waals surface area contributed by atoms with Gasteiger partial charge < -0.3 is 15.5 Å². The van der Waals surface area contributed by atoms with Gasteiger partial charge in [-0.15, -0.1) is 0 Å². The fourth-order valence-electron chi connectivity index (χ4n) is 2.99. The third kappa shape index (κ3) is 5.80. The van der Waals surface area contributed by atoms with Crippen LogP contribution in [0, 0.1) is 11.8 Å². The van der Waals surface area contributed by atoms with Crippen LogP contribution < -0.4 is 10.6 Å². The second kappa shape index (κ2) is 9.64. The highest BCUT2D eigenvalue weighted by Gasteiger charge is 2.33. The molecule has 1 rings (SSSR count). The molecule has 1 fully saturated rings. The van der Waals surface area contributed by atoms with Crippen LogP contribution in [0.4, 0.5) is 0 Å². The Balaban J connectivity index is 2.85. The van der Waals surface area contributed by atoms with E-state index in [-0.39, 0.29) is 29.6 Å². The van der Waals surface area contributed by atoms with Gasteiger partial charge >= 0.3 is 0 Å². The smallest absolute Gasteiger partial charge is 0.245 e. The van der Waals surface area contributed by atoms with E-state index in [0.717, 1.165) is 38.8 Å². The van der Waals surface area contributed by atoms with Crippen LogP contribution >= 0.6 is 0 Å². The Morgan fingerprint density at radius 3 is 2.00 bits per heavy atom. The molecule has 0 spiro atoms. The quantitative estimate of drug-likeness (QED) is 0.741. The summed E-state index contributed by atoms with van der Waals surface area (Å²) in [5.74, 6) is -0.519. The zero-order chi connectivity index (χ0) is 18.3. The lowest BCUT2D eigenvalue weighted by Crippen LogP contribution is -2.58. The van der Waals surface area contributed by atoms with Crippen molar-refractivity contribution in [2.45, 2.75) is 72.4 Å². The van der Waals surface area contributed by atoms with E-state index in [0.29, 0.717) is 0 Å². The fraction of sp³-hybridized carbons (Fsp3) is 0.833. The van der Waals surface area contributed by atoms with E-state index < -0.39 is 12.1 Å². The van der Waals surface area contributed by atoms with Crippen LogP contribution in [-0.4, -0.2) is 47.8 Å². The molecule has 0 aromatic heterocycles. The molecule has 1 heterocycles. The monoisotopic (exact) mass is 339 g/mol. The largest absolute Gasteiger partial charge is 0.344 e. The molecule has 0 aromatic carbocycles. The van der Waals surface area contributed by atoms with Crippen LogP contribution in [0.1, 0.15) is 60.3 Å². The van der Waals surface area contributed by atoms with Crippen molar-refractivity contribution in [2.75, 3.05) is 13.1 Å². The van der Waals surface area contributed by atoms with Crippen molar-refractivity contribution in [1.29, 1.82) is 0 Å². The summed E-state index contributed by atoms with van der Waals surface area (Å²) in [6.45, 7) is 10.7. The SMILES string of the molecule is CC[C@H](C)[C@H](NC(=O)[C@@H](NC(C)=O)C(C)C)C(=O)N1CCCCC1. The van der Waals surface area contributed by atoms with Gasteiger partial charge in [-0.05, 0) is 31.1 Å². The normalized spacial score (nSPS) is 18.7. The van der Waals surface area contributed by atoms with Gasteiger partial charge in [-0.2, -0.15) is 0 Å². The van der Waals surface area contributed by atoms with Gasteiger partial charge in [0.15, 0.2) is 0 Å². The van der Waals surface area contributed by atoms with Gasteiger partial charge in [0.25, 0.3) is 0 Å². The second-order valence-corrected chi connectivity index (χ2v) is 7.18. The van der Waals surface area contributed by atoms with Crippen LogP contribution in [0.15, 0.2) is 0 Å². The third-order valence-electron chi connectivity index (χ3n) is 4.75. The van der Waals surface area contributed by atoms with Crippen LogP contribution in [0.5, 0.6) is 0 Å². The molecule has 1 aliphatic heterocycles. The molecular weight excluding hydrogens is 306 g/mol. The molecule has 0 radical (unpaired) electrons. The highest BCUT2D eigenvalue weighted by atomic mass is 16.2. The molecule has 0 aliphatic carbocycles. The number of nitrogens with one attached hydrogen (secondary N) is 2. The number of rotatable bonds is 7. The number of piperidine rings is 1. The summed E-state index contributed by atoms with van der Waals surface area (Å²) in [5, 5.41) is 5.59. The molecule has 1 aliphatic rings. The van der Waals surface area contributed by atoms with Gasteiger partial charge in [0.05, 0.1) is 0 Å². The Kier molecular flexibility index (Phi) is 8.22. The molecule has 6 nitrogen and oxygen atoms in total. The summed E-state index contributed by atoms with van der Waals surface area (Å²) in [6.07, 6.45) is 4.00. The molecule has 6 heteroatoms. The zero-order valence-corrected chi connectivity index (χ0v) is 15.7. The molecule has 3 amide bonds. The zero-order valence-electron chi connectivity index (χ0n) is 15.7. The Bertz CT molecular complexity index is 445. The van der Waals surface area contributed by atoms with Gasteiger partial charge in [0.1, 0.15) is 12.1 Å². The molecule has 0 unspecified atom stereocenters. The summed E-state index contributed by atoms with van der Waals surface area (Å²) < 4.78 is 0. The molecule has 0 aromatic rings. The first kappa shape index (κ1) is 20.5. The van der Waals surface area contributed by atoms with Crippen LogP contribution in [0.2, 0.25) is 0 Å². The standard InChI is InChI=1S/C18H33N3O3/c1-6-13(4)16(18(24)21-10-8-7-9-11-21)20-17(23)15(12(2)3)19-14(5)22/h12-13,15-16H,6-11H2,1-5H3,(H,19,22)(H,20,23)/t13-,15-,16-/m0/s1. The van der Waals surface area contributed by atoms with E-state index in [1.807, 2.05) is 32.6 Å². The second-order valence-electron chi connectivity index (χ2n) is 7.18. The summed E-state index contributed by atoms with van der Waals surface area (Å²) >= 11 is 0. The minimum absolute atomic E-state index is 0.00253. The van der Waals surface area contributed by atoms with Crippen LogP contribution in [0.25, 0.3) is 0 Å². The lowest BCUT2D eigenvalue weighted by Gasteiger charge is -2.34. The van der Waals surface area contributed by atoms with Gasteiger partial charge in [-0.3, -0.25) is 14.4 Å². The molecular formula is C18H33N3O3. The summed E-state index contributed by atoms with van der Waals surface area (Å²) in [6, 6.07) is -1.15. The molecule has 138 valence electrons. The average Bonchev–Trinajstić information content (AvgIpc) is 2.56. The first-order chi connectivity index (χ1) is 11.3. The number of hydrogen-bond donors (Lipinski definition) is 2. The van der Waals surface area contributed by atoms with E-state index in [9.17, 15) is 14.4 Å². The molecule has 3 atom stereocenters. The van der Waals surface area contributed by atoms with Crippen molar-refractivity contribution in [1.82, 2.24) is 15.5 Å². The number of likely N-dealkylation sites (tertiary alicyclic amines) is 1. The predicted molar refractivity (Wildman–Crippen MR) is 94.3 cm³/mol. The van der Waals surface area contributed by atoms with Crippen LogP contribution in [-0.2, 0) is 14.4 Å². The molecule has 0 saturated carbocycles. The van der Waals surface area contributed by atoms with Gasteiger partial charge in [-0.1, -0.05) is 34.1 Å². The maximum atomic E-state index is 12.9. The summed E-state index contributed by atoms with van der Waals surface area (Å²) in [7, 11) is 0. The summed E-state index contributed by atoms with van der Waals surface area (Å²) in [4.78, 5) is 38.7. The first-order valence-corrected chi connectivity index (χ1v) is 9.14. The Morgan fingerprint density at radius 1 is 0.958 bits per heavy atom. The van der Waals surface area contributed by atoms with Crippen molar-refractivity contribution in [3.05, 3.63) is 0 Å². The van der Waals surface area contributed by atoms with E-state index in [1.54, 1.807) is 0 Å². The number of nitrogens with zero attached hydrogens (tertiary/aromatic N) is 1. The predicted octanol–water partition coefficient (Wildman–Crippen LogP) is 1.69. The molecule has 1 saturated heterocycles. The van der Waals surface area contributed by atoms with E-state index in [1.165, 1.54) is 6.92 Å².